The lowest BCUT2D eigenvalue weighted by molar-refractivity contribution is 0.0696. The van der Waals surface area contributed by atoms with Gasteiger partial charge in [0.1, 0.15) is 0 Å². The Morgan fingerprint density at radius 2 is 2.06 bits per heavy atom. The van der Waals surface area contributed by atoms with Crippen molar-refractivity contribution < 1.29 is 14.7 Å². The van der Waals surface area contributed by atoms with Crippen LogP contribution in [0.5, 0.6) is 0 Å². The van der Waals surface area contributed by atoms with E-state index in [9.17, 15) is 9.59 Å². The molecule has 0 unspecified atom stereocenters. The fourth-order valence-corrected chi connectivity index (χ4v) is 1.54. The highest BCUT2D eigenvalue weighted by Gasteiger charge is 2.08. The number of carboxylic acids is 1. The van der Waals surface area contributed by atoms with E-state index in [-0.39, 0.29) is 11.6 Å². The zero-order valence-electron chi connectivity index (χ0n) is 10.6. The number of anilines is 1. The van der Waals surface area contributed by atoms with Crippen molar-refractivity contribution in [3.05, 3.63) is 29.3 Å². The molecule has 18 heavy (non-hydrogen) atoms. The van der Waals surface area contributed by atoms with Crippen molar-refractivity contribution in [3.8, 4) is 0 Å². The summed E-state index contributed by atoms with van der Waals surface area (Å²) in [4.78, 5) is 22.3. The summed E-state index contributed by atoms with van der Waals surface area (Å²) in [6.07, 6.45) is 1.96. The highest BCUT2D eigenvalue weighted by atomic mass is 16.4. The molecule has 0 heterocycles. The first-order valence-electron chi connectivity index (χ1n) is 5.93. The Kier molecular flexibility index (Phi) is 5.17. The summed E-state index contributed by atoms with van der Waals surface area (Å²) in [5.41, 5.74) is 1.45. The standard InChI is InChI=1S/C13H18N2O3/c1-3-4-7-14-13(18)15-10-5-6-11(12(16)17)9(2)8-10/h5-6,8H,3-4,7H2,1-2H3,(H,16,17)(H2,14,15,18). The number of aryl methyl sites for hydroxylation is 1. The topological polar surface area (TPSA) is 78.4 Å². The summed E-state index contributed by atoms with van der Waals surface area (Å²) in [5.74, 6) is -0.966. The van der Waals surface area contributed by atoms with Gasteiger partial charge in [-0.15, -0.1) is 0 Å². The second kappa shape index (κ2) is 6.64. The number of hydrogen-bond donors (Lipinski definition) is 3. The molecular weight excluding hydrogens is 232 g/mol. The summed E-state index contributed by atoms with van der Waals surface area (Å²) in [5, 5.41) is 14.3. The smallest absolute Gasteiger partial charge is 0.335 e. The van der Waals surface area contributed by atoms with E-state index in [1.54, 1.807) is 19.1 Å². The van der Waals surface area contributed by atoms with Gasteiger partial charge < -0.3 is 15.7 Å². The number of carbonyl (C=O) groups is 2. The normalized spacial score (nSPS) is 9.89. The lowest BCUT2D eigenvalue weighted by Gasteiger charge is -2.08. The van der Waals surface area contributed by atoms with Crippen molar-refractivity contribution >= 4 is 17.7 Å². The maximum Gasteiger partial charge on any atom is 0.335 e. The van der Waals surface area contributed by atoms with Crippen LogP contribution in [0.15, 0.2) is 18.2 Å². The second-order valence-electron chi connectivity index (χ2n) is 4.07. The van der Waals surface area contributed by atoms with Gasteiger partial charge in [-0.25, -0.2) is 9.59 Å². The van der Waals surface area contributed by atoms with Gasteiger partial charge >= 0.3 is 12.0 Å². The number of carbonyl (C=O) groups excluding carboxylic acids is 1. The lowest BCUT2D eigenvalue weighted by Crippen LogP contribution is -2.29. The molecule has 0 saturated carbocycles. The number of carboxylic acid groups (broad SMARTS) is 1. The predicted octanol–water partition coefficient (Wildman–Crippen LogP) is 2.61. The molecule has 0 radical (unpaired) electrons. The fraction of sp³-hybridized carbons (Fsp3) is 0.385. The summed E-state index contributed by atoms with van der Waals surface area (Å²) in [7, 11) is 0. The number of rotatable bonds is 5. The van der Waals surface area contributed by atoms with Crippen LogP contribution in [0.3, 0.4) is 0 Å². The first-order chi connectivity index (χ1) is 8.54. The molecular formula is C13H18N2O3. The van der Waals surface area contributed by atoms with Crippen LogP contribution in [-0.2, 0) is 0 Å². The minimum atomic E-state index is -0.966. The molecule has 5 heteroatoms. The van der Waals surface area contributed by atoms with Crippen molar-refractivity contribution in [3.63, 3.8) is 0 Å². The summed E-state index contributed by atoms with van der Waals surface area (Å²) in [6, 6.07) is 4.43. The third-order valence-electron chi connectivity index (χ3n) is 2.53. The Morgan fingerprint density at radius 1 is 1.33 bits per heavy atom. The van der Waals surface area contributed by atoms with E-state index in [1.807, 2.05) is 6.92 Å². The summed E-state index contributed by atoms with van der Waals surface area (Å²) in [6.45, 7) is 4.38. The van der Waals surface area contributed by atoms with Gasteiger partial charge in [-0.1, -0.05) is 13.3 Å². The highest BCUT2D eigenvalue weighted by molar-refractivity contribution is 5.92. The van der Waals surface area contributed by atoms with Crippen LogP contribution in [-0.4, -0.2) is 23.7 Å². The van der Waals surface area contributed by atoms with Crippen LogP contribution in [0.4, 0.5) is 10.5 Å². The third kappa shape index (κ3) is 4.08. The molecule has 1 aromatic carbocycles. The van der Waals surface area contributed by atoms with Crippen LogP contribution in [0, 0.1) is 6.92 Å². The number of hydrogen-bond acceptors (Lipinski definition) is 2. The molecule has 2 amide bonds. The lowest BCUT2D eigenvalue weighted by atomic mass is 10.1. The van der Waals surface area contributed by atoms with Gasteiger partial charge in [-0.05, 0) is 37.1 Å². The molecule has 0 aromatic heterocycles. The predicted molar refractivity (Wildman–Crippen MR) is 70.1 cm³/mol. The van der Waals surface area contributed by atoms with Gasteiger partial charge in [0, 0.05) is 12.2 Å². The van der Waals surface area contributed by atoms with Crippen LogP contribution in [0.2, 0.25) is 0 Å². The van der Waals surface area contributed by atoms with Gasteiger partial charge in [0.2, 0.25) is 0 Å². The molecule has 3 N–H and O–H groups in total. The largest absolute Gasteiger partial charge is 0.478 e. The highest BCUT2D eigenvalue weighted by Crippen LogP contribution is 2.15. The van der Waals surface area contributed by atoms with Crippen molar-refractivity contribution in [2.45, 2.75) is 26.7 Å². The number of benzene rings is 1. The van der Waals surface area contributed by atoms with E-state index in [2.05, 4.69) is 10.6 Å². The van der Waals surface area contributed by atoms with Gasteiger partial charge in [0.25, 0.3) is 0 Å². The Bertz CT molecular complexity index is 444. The molecule has 98 valence electrons. The number of aromatic carboxylic acids is 1. The van der Waals surface area contributed by atoms with E-state index in [4.69, 9.17) is 5.11 Å². The Labute approximate surface area is 106 Å². The zero-order chi connectivity index (χ0) is 13.5. The molecule has 0 fully saturated rings. The molecule has 0 aliphatic rings. The second-order valence-corrected chi connectivity index (χ2v) is 4.07. The monoisotopic (exact) mass is 250 g/mol. The summed E-state index contributed by atoms with van der Waals surface area (Å²) >= 11 is 0. The van der Waals surface area contributed by atoms with E-state index in [0.717, 1.165) is 12.8 Å². The molecule has 0 bridgehead atoms. The van der Waals surface area contributed by atoms with Crippen molar-refractivity contribution in [2.24, 2.45) is 0 Å². The van der Waals surface area contributed by atoms with Crippen molar-refractivity contribution in [2.75, 3.05) is 11.9 Å². The van der Waals surface area contributed by atoms with E-state index < -0.39 is 5.97 Å². The fourth-order valence-electron chi connectivity index (χ4n) is 1.54. The Hall–Kier alpha value is -2.04. The van der Waals surface area contributed by atoms with Crippen LogP contribution in [0.1, 0.15) is 35.7 Å². The quantitative estimate of drug-likeness (QED) is 0.703. The maximum absolute atomic E-state index is 11.5. The van der Waals surface area contributed by atoms with E-state index >= 15 is 0 Å². The minimum absolute atomic E-state index is 0.243. The zero-order valence-corrected chi connectivity index (χ0v) is 10.6. The van der Waals surface area contributed by atoms with Gasteiger partial charge in [-0.3, -0.25) is 0 Å². The average Bonchev–Trinajstić information content (AvgIpc) is 2.28. The molecule has 0 aliphatic carbocycles. The van der Waals surface area contributed by atoms with Gasteiger partial charge in [0.15, 0.2) is 0 Å². The number of urea groups is 1. The van der Waals surface area contributed by atoms with Crippen molar-refractivity contribution in [1.29, 1.82) is 0 Å². The molecule has 1 rings (SSSR count). The molecule has 0 atom stereocenters. The van der Waals surface area contributed by atoms with Crippen LogP contribution in [0.25, 0.3) is 0 Å². The minimum Gasteiger partial charge on any atom is -0.478 e. The molecule has 0 saturated heterocycles. The van der Waals surface area contributed by atoms with Gasteiger partial charge in [0.05, 0.1) is 5.56 Å². The SMILES string of the molecule is CCCCNC(=O)Nc1ccc(C(=O)O)c(C)c1. The number of unbranched alkanes of at least 4 members (excludes halogenated alkanes) is 1. The van der Waals surface area contributed by atoms with Gasteiger partial charge in [-0.2, -0.15) is 0 Å². The molecule has 0 spiro atoms. The van der Waals surface area contributed by atoms with Crippen LogP contribution < -0.4 is 10.6 Å². The molecule has 5 nitrogen and oxygen atoms in total. The third-order valence-corrected chi connectivity index (χ3v) is 2.53. The Balaban J connectivity index is 2.60. The molecule has 1 aromatic rings. The summed E-state index contributed by atoms with van der Waals surface area (Å²) < 4.78 is 0. The Morgan fingerprint density at radius 3 is 2.61 bits per heavy atom. The number of nitrogens with one attached hydrogen (secondary N) is 2. The molecule has 0 aliphatic heterocycles. The van der Waals surface area contributed by atoms with E-state index in [1.165, 1.54) is 6.07 Å². The van der Waals surface area contributed by atoms with Crippen molar-refractivity contribution in [1.82, 2.24) is 5.32 Å². The average molecular weight is 250 g/mol. The maximum atomic E-state index is 11.5. The van der Waals surface area contributed by atoms with E-state index in [0.29, 0.717) is 17.8 Å². The first kappa shape index (κ1) is 14.0. The first-order valence-corrected chi connectivity index (χ1v) is 5.93. The number of amides is 2. The van der Waals surface area contributed by atoms with Crippen LogP contribution >= 0.6 is 0 Å².